The van der Waals surface area contributed by atoms with Crippen molar-refractivity contribution in [2.24, 2.45) is 0 Å². The Morgan fingerprint density at radius 2 is 2.27 bits per heavy atom. The summed E-state index contributed by atoms with van der Waals surface area (Å²) in [6, 6.07) is 1.59. The van der Waals surface area contributed by atoms with Gasteiger partial charge in [-0.05, 0) is 13.0 Å². The number of nitrogens with two attached hydrogens (primary N) is 1. The van der Waals surface area contributed by atoms with Crippen LogP contribution in [0.4, 0.5) is 5.69 Å². The summed E-state index contributed by atoms with van der Waals surface area (Å²) in [5.41, 5.74) is 3.56. The fourth-order valence-corrected chi connectivity index (χ4v) is 2.68. The van der Waals surface area contributed by atoms with Crippen LogP contribution in [-0.2, 0) is 4.74 Å². The Kier molecular flexibility index (Phi) is 3.12. The first kappa shape index (κ1) is 14.7. The normalized spacial score (nSPS) is 34.9. The lowest BCUT2D eigenvalue weighted by atomic mass is 9.88. The average Bonchev–Trinajstić information content (AvgIpc) is 3.03. The fraction of sp³-hybridized carbons (Fsp3) is 0.429. The Balaban J connectivity index is 2.18. The first-order valence-electron chi connectivity index (χ1n) is 6.61. The minimum Gasteiger partial charge on any atom is -0.397 e. The van der Waals surface area contributed by atoms with E-state index in [1.54, 1.807) is 6.07 Å². The van der Waals surface area contributed by atoms with E-state index in [9.17, 15) is 15.3 Å². The van der Waals surface area contributed by atoms with Gasteiger partial charge < -0.3 is 25.8 Å². The van der Waals surface area contributed by atoms with Crippen molar-refractivity contribution in [1.82, 2.24) is 14.5 Å². The number of imidazole rings is 1. The highest BCUT2D eigenvalue weighted by atomic mass is 16.6. The molecule has 8 nitrogen and oxygen atoms in total. The van der Waals surface area contributed by atoms with Crippen LogP contribution in [0.25, 0.3) is 11.2 Å². The molecule has 1 saturated heterocycles. The van der Waals surface area contributed by atoms with Gasteiger partial charge in [0.1, 0.15) is 17.2 Å². The highest BCUT2D eigenvalue weighted by Crippen LogP contribution is 2.44. The summed E-state index contributed by atoms with van der Waals surface area (Å²) in [6.07, 6.45) is 5.61. The molecule has 3 rings (SSSR count). The molecule has 0 unspecified atom stereocenters. The number of aromatic nitrogens is 3. The molecule has 0 aromatic carbocycles. The summed E-state index contributed by atoms with van der Waals surface area (Å²) < 4.78 is 7.06. The van der Waals surface area contributed by atoms with Crippen molar-refractivity contribution in [3.63, 3.8) is 0 Å². The van der Waals surface area contributed by atoms with Gasteiger partial charge >= 0.3 is 0 Å². The van der Waals surface area contributed by atoms with E-state index in [0.717, 1.165) is 0 Å². The standard InChI is InChI=1S/C14H16N4O4/c1-3-14(21)11(20)13(2,6-19)22-12(14)18-7-17-9-8(15)4-5-16-10(9)18/h1,4-5,7,11-12,19-21H,6H2,2H3,(H2,15,16)/t11-,12-,13-,14-/m1/s1. The van der Waals surface area contributed by atoms with Crippen molar-refractivity contribution in [3.05, 3.63) is 18.6 Å². The van der Waals surface area contributed by atoms with Gasteiger partial charge in [-0.2, -0.15) is 0 Å². The molecular weight excluding hydrogens is 288 g/mol. The van der Waals surface area contributed by atoms with Gasteiger partial charge in [0, 0.05) is 6.20 Å². The van der Waals surface area contributed by atoms with Crippen LogP contribution in [-0.4, -0.2) is 53.8 Å². The van der Waals surface area contributed by atoms with E-state index in [4.69, 9.17) is 16.9 Å². The zero-order valence-corrected chi connectivity index (χ0v) is 11.8. The van der Waals surface area contributed by atoms with Crippen LogP contribution >= 0.6 is 0 Å². The number of terminal acetylenes is 1. The molecular formula is C14H16N4O4. The van der Waals surface area contributed by atoms with Crippen LogP contribution in [0, 0.1) is 12.3 Å². The average molecular weight is 304 g/mol. The second-order valence-electron chi connectivity index (χ2n) is 5.54. The Hall–Kier alpha value is -2.18. The predicted octanol–water partition coefficient (Wildman–Crippen LogP) is -0.982. The lowest BCUT2D eigenvalue weighted by Gasteiger charge is -2.27. The van der Waals surface area contributed by atoms with Crippen molar-refractivity contribution in [3.8, 4) is 12.3 Å². The molecule has 3 heterocycles. The van der Waals surface area contributed by atoms with Crippen molar-refractivity contribution >= 4 is 16.9 Å². The van der Waals surface area contributed by atoms with Crippen molar-refractivity contribution in [2.75, 3.05) is 12.3 Å². The molecule has 0 spiro atoms. The molecule has 2 aromatic rings. The zero-order valence-electron chi connectivity index (χ0n) is 11.8. The second-order valence-corrected chi connectivity index (χ2v) is 5.54. The SMILES string of the molecule is C#C[C@]1(O)[C@H](n2cnc3c(N)ccnc32)O[C@](C)(CO)[C@H]1O. The second kappa shape index (κ2) is 4.66. The highest BCUT2D eigenvalue weighted by molar-refractivity contribution is 5.83. The lowest BCUT2D eigenvalue weighted by molar-refractivity contribution is -0.117. The molecule has 1 aliphatic rings. The van der Waals surface area contributed by atoms with E-state index in [0.29, 0.717) is 16.9 Å². The Morgan fingerprint density at radius 3 is 2.91 bits per heavy atom. The number of anilines is 1. The van der Waals surface area contributed by atoms with E-state index < -0.39 is 30.1 Å². The Morgan fingerprint density at radius 1 is 1.55 bits per heavy atom. The molecule has 116 valence electrons. The summed E-state index contributed by atoms with van der Waals surface area (Å²) in [7, 11) is 0. The molecule has 0 saturated carbocycles. The summed E-state index contributed by atoms with van der Waals surface area (Å²) in [6.45, 7) is 0.942. The van der Waals surface area contributed by atoms with Gasteiger partial charge in [-0.15, -0.1) is 6.42 Å². The van der Waals surface area contributed by atoms with Gasteiger partial charge in [0.15, 0.2) is 17.5 Å². The summed E-state index contributed by atoms with van der Waals surface area (Å²) >= 11 is 0. The molecule has 0 amide bonds. The summed E-state index contributed by atoms with van der Waals surface area (Å²) in [5.74, 6) is 2.16. The van der Waals surface area contributed by atoms with Crippen LogP contribution in [0.15, 0.2) is 18.6 Å². The predicted molar refractivity (Wildman–Crippen MR) is 77.3 cm³/mol. The Labute approximate surface area is 126 Å². The number of ether oxygens (including phenoxy) is 1. The van der Waals surface area contributed by atoms with E-state index in [1.165, 1.54) is 24.0 Å². The number of aliphatic hydroxyl groups excluding tert-OH is 2. The maximum Gasteiger partial charge on any atom is 0.199 e. The van der Waals surface area contributed by atoms with E-state index in [-0.39, 0.29) is 0 Å². The fourth-order valence-electron chi connectivity index (χ4n) is 2.68. The molecule has 0 bridgehead atoms. The van der Waals surface area contributed by atoms with Gasteiger partial charge in [0.2, 0.25) is 0 Å². The van der Waals surface area contributed by atoms with E-state index in [2.05, 4.69) is 15.9 Å². The van der Waals surface area contributed by atoms with Gasteiger partial charge in [0.25, 0.3) is 0 Å². The number of fused-ring (bicyclic) bond motifs is 1. The number of pyridine rings is 1. The van der Waals surface area contributed by atoms with E-state index in [1.807, 2.05) is 0 Å². The number of hydrogen-bond acceptors (Lipinski definition) is 7. The third-order valence-corrected chi connectivity index (χ3v) is 4.04. The first-order valence-corrected chi connectivity index (χ1v) is 6.61. The maximum atomic E-state index is 10.7. The van der Waals surface area contributed by atoms with Crippen molar-refractivity contribution in [2.45, 2.75) is 30.5 Å². The van der Waals surface area contributed by atoms with Crippen LogP contribution in [0.1, 0.15) is 13.2 Å². The van der Waals surface area contributed by atoms with Crippen molar-refractivity contribution < 1.29 is 20.1 Å². The van der Waals surface area contributed by atoms with Crippen molar-refractivity contribution in [1.29, 1.82) is 0 Å². The lowest BCUT2D eigenvalue weighted by Crippen LogP contribution is -2.50. The van der Waals surface area contributed by atoms with Crippen LogP contribution in [0.3, 0.4) is 0 Å². The monoisotopic (exact) mass is 304 g/mol. The molecule has 0 radical (unpaired) electrons. The maximum absolute atomic E-state index is 10.7. The van der Waals surface area contributed by atoms with Gasteiger partial charge in [0.05, 0.1) is 18.6 Å². The van der Waals surface area contributed by atoms with Crippen LogP contribution in [0.2, 0.25) is 0 Å². The number of nitrogen functional groups attached to an aromatic ring is 1. The number of nitrogens with zero attached hydrogens (tertiary/aromatic N) is 3. The molecule has 22 heavy (non-hydrogen) atoms. The zero-order chi connectivity index (χ0) is 16.1. The third kappa shape index (κ3) is 1.74. The molecule has 1 fully saturated rings. The first-order chi connectivity index (χ1) is 10.4. The molecule has 4 atom stereocenters. The van der Waals surface area contributed by atoms with Gasteiger partial charge in [-0.25, -0.2) is 9.97 Å². The van der Waals surface area contributed by atoms with E-state index >= 15 is 0 Å². The quantitative estimate of drug-likeness (QED) is 0.525. The summed E-state index contributed by atoms with van der Waals surface area (Å²) in [5, 5.41) is 30.4. The van der Waals surface area contributed by atoms with Gasteiger partial charge in [-0.3, -0.25) is 4.57 Å². The molecule has 5 N–H and O–H groups in total. The number of hydrogen-bond donors (Lipinski definition) is 4. The molecule has 0 aliphatic carbocycles. The van der Waals surface area contributed by atoms with Crippen LogP contribution in [0.5, 0.6) is 0 Å². The van der Waals surface area contributed by atoms with Gasteiger partial charge in [-0.1, -0.05) is 5.92 Å². The Bertz CT molecular complexity index is 770. The molecule has 1 aliphatic heterocycles. The summed E-state index contributed by atoms with van der Waals surface area (Å²) in [4.78, 5) is 8.29. The smallest absolute Gasteiger partial charge is 0.199 e. The molecule has 8 heteroatoms. The number of rotatable bonds is 2. The van der Waals surface area contributed by atoms with Crippen LogP contribution < -0.4 is 5.73 Å². The topological polar surface area (TPSA) is 127 Å². The number of aliphatic hydroxyl groups is 3. The minimum absolute atomic E-state index is 0.355. The molecule has 2 aromatic heterocycles. The third-order valence-electron chi connectivity index (χ3n) is 4.04. The largest absolute Gasteiger partial charge is 0.397 e. The highest BCUT2D eigenvalue weighted by Gasteiger charge is 2.61. The minimum atomic E-state index is -2.04.